The Morgan fingerprint density at radius 2 is 1.94 bits per heavy atom. The average molecular weight is 449 g/mol. The quantitative estimate of drug-likeness (QED) is 0.369. The van der Waals surface area contributed by atoms with Gasteiger partial charge in [-0.2, -0.15) is 0 Å². The van der Waals surface area contributed by atoms with Gasteiger partial charge in [0.25, 0.3) is 0 Å². The monoisotopic (exact) mass is 448 g/mol. The summed E-state index contributed by atoms with van der Waals surface area (Å²) < 4.78 is 0. The second-order valence-electron chi connectivity index (χ2n) is 8.80. The Bertz CT molecular complexity index is 923. The maximum atomic E-state index is 12.7. The SMILES string of the molecule is CCNC(=NCCCC(=O)N1CCc2ccccc21)NC1CCN(Cc2ccccn2)CC1. The molecule has 1 saturated heterocycles. The highest BCUT2D eigenvalue weighted by Crippen LogP contribution is 2.28. The summed E-state index contributed by atoms with van der Waals surface area (Å²) in [5.41, 5.74) is 3.48. The molecule has 2 N–H and O–H groups in total. The second-order valence-corrected chi connectivity index (χ2v) is 8.80. The van der Waals surface area contributed by atoms with Gasteiger partial charge in [0, 0.05) is 63.6 Å². The number of anilines is 1. The van der Waals surface area contributed by atoms with Crippen molar-refractivity contribution in [2.45, 2.75) is 51.6 Å². The van der Waals surface area contributed by atoms with Gasteiger partial charge < -0.3 is 15.5 Å². The van der Waals surface area contributed by atoms with Crippen LogP contribution in [-0.2, 0) is 17.8 Å². The Labute approximate surface area is 197 Å². The number of rotatable bonds is 8. The molecule has 1 aromatic heterocycles. The van der Waals surface area contributed by atoms with Gasteiger partial charge in [-0.05, 0) is 56.4 Å². The Hall–Kier alpha value is -2.93. The molecular formula is C26H36N6O. The summed E-state index contributed by atoms with van der Waals surface area (Å²) >= 11 is 0. The maximum absolute atomic E-state index is 12.7. The number of aromatic nitrogens is 1. The number of aliphatic imine (C=N–C) groups is 1. The van der Waals surface area contributed by atoms with E-state index >= 15 is 0 Å². The van der Waals surface area contributed by atoms with Crippen LogP contribution in [0.15, 0.2) is 53.7 Å². The van der Waals surface area contributed by atoms with E-state index in [1.807, 2.05) is 41.4 Å². The number of guanidine groups is 1. The van der Waals surface area contributed by atoms with Gasteiger partial charge in [-0.25, -0.2) is 0 Å². The zero-order valence-electron chi connectivity index (χ0n) is 19.7. The van der Waals surface area contributed by atoms with E-state index in [2.05, 4.69) is 39.6 Å². The van der Waals surface area contributed by atoms with Crippen molar-refractivity contribution in [3.63, 3.8) is 0 Å². The Morgan fingerprint density at radius 3 is 2.73 bits per heavy atom. The summed E-state index contributed by atoms with van der Waals surface area (Å²) in [7, 11) is 0. The van der Waals surface area contributed by atoms with Crippen LogP contribution in [0.3, 0.4) is 0 Å². The first kappa shape index (κ1) is 23.2. The lowest BCUT2D eigenvalue weighted by Crippen LogP contribution is -2.48. The number of carbonyl (C=O) groups is 1. The van der Waals surface area contributed by atoms with Crippen molar-refractivity contribution in [2.24, 2.45) is 4.99 Å². The Balaban J connectivity index is 1.19. The van der Waals surface area contributed by atoms with Crippen molar-refractivity contribution in [3.05, 3.63) is 59.9 Å². The number of fused-ring (bicyclic) bond motifs is 1. The van der Waals surface area contributed by atoms with Gasteiger partial charge in [-0.3, -0.25) is 19.7 Å². The topological polar surface area (TPSA) is 72.9 Å². The molecule has 7 nitrogen and oxygen atoms in total. The third-order valence-electron chi connectivity index (χ3n) is 6.39. The molecule has 2 aromatic rings. The molecule has 4 rings (SSSR count). The molecule has 1 aromatic carbocycles. The summed E-state index contributed by atoms with van der Waals surface area (Å²) in [5.74, 6) is 1.06. The molecule has 1 fully saturated rings. The van der Waals surface area contributed by atoms with Gasteiger partial charge in [-0.1, -0.05) is 24.3 Å². The Kier molecular flexibility index (Phi) is 8.30. The van der Waals surface area contributed by atoms with Crippen molar-refractivity contribution in [1.29, 1.82) is 0 Å². The zero-order valence-corrected chi connectivity index (χ0v) is 19.7. The second kappa shape index (κ2) is 11.8. The van der Waals surface area contributed by atoms with Crippen molar-refractivity contribution < 1.29 is 4.79 Å². The number of nitrogens with one attached hydrogen (secondary N) is 2. The minimum Gasteiger partial charge on any atom is -0.357 e. The molecule has 0 aliphatic carbocycles. The fourth-order valence-electron chi connectivity index (χ4n) is 4.62. The van der Waals surface area contributed by atoms with E-state index in [1.165, 1.54) is 5.56 Å². The lowest BCUT2D eigenvalue weighted by atomic mass is 10.0. The zero-order chi connectivity index (χ0) is 22.9. The third kappa shape index (κ3) is 6.54. The molecule has 0 spiro atoms. The van der Waals surface area contributed by atoms with Crippen molar-refractivity contribution in [1.82, 2.24) is 20.5 Å². The molecule has 176 valence electrons. The van der Waals surface area contributed by atoms with Gasteiger partial charge >= 0.3 is 0 Å². The molecule has 0 bridgehead atoms. The van der Waals surface area contributed by atoms with Crippen LogP contribution in [0.5, 0.6) is 0 Å². The van der Waals surface area contributed by atoms with Crippen LogP contribution in [0.4, 0.5) is 5.69 Å². The predicted octanol–water partition coefficient (Wildman–Crippen LogP) is 2.97. The minimum atomic E-state index is 0.202. The summed E-state index contributed by atoms with van der Waals surface area (Å²) in [5, 5.41) is 6.96. The number of hydrogen-bond acceptors (Lipinski definition) is 4. The van der Waals surface area contributed by atoms with Gasteiger partial charge in [0.2, 0.25) is 5.91 Å². The number of piperidine rings is 1. The molecular weight excluding hydrogens is 412 g/mol. The fraction of sp³-hybridized carbons (Fsp3) is 0.500. The number of carbonyl (C=O) groups excluding carboxylic acids is 1. The van der Waals surface area contributed by atoms with E-state index in [4.69, 9.17) is 4.99 Å². The largest absolute Gasteiger partial charge is 0.357 e. The minimum absolute atomic E-state index is 0.202. The standard InChI is InChI=1S/C26H36N6O/c1-2-27-26(30-22-13-17-31(18-14-22)20-23-9-5-6-15-28-23)29-16-7-11-25(33)32-19-12-21-8-3-4-10-24(21)32/h3-6,8-10,15,22H,2,7,11-14,16-20H2,1H3,(H2,27,29,30). The number of nitrogens with zero attached hydrogens (tertiary/aromatic N) is 4. The predicted molar refractivity (Wildman–Crippen MR) is 133 cm³/mol. The van der Waals surface area contributed by atoms with Crippen molar-refractivity contribution >= 4 is 17.6 Å². The summed E-state index contributed by atoms with van der Waals surface area (Å²) in [6.45, 7) is 7.38. The first-order valence-electron chi connectivity index (χ1n) is 12.3. The fourth-order valence-corrected chi connectivity index (χ4v) is 4.62. The smallest absolute Gasteiger partial charge is 0.227 e. The number of pyridine rings is 1. The normalized spacial score (nSPS) is 17.1. The number of benzene rings is 1. The molecule has 0 unspecified atom stereocenters. The first-order chi connectivity index (χ1) is 16.2. The lowest BCUT2D eigenvalue weighted by Gasteiger charge is -2.32. The number of para-hydroxylation sites is 1. The van der Waals surface area contributed by atoms with Crippen molar-refractivity contribution in [3.8, 4) is 0 Å². The van der Waals surface area contributed by atoms with Crippen LogP contribution in [-0.4, -0.2) is 60.5 Å². The van der Waals surface area contributed by atoms with Crippen LogP contribution >= 0.6 is 0 Å². The van der Waals surface area contributed by atoms with Crippen molar-refractivity contribution in [2.75, 3.05) is 37.6 Å². The molecule has 0 atom stereocenters. The summed E-state index contributed by atoms with van der Waals surface area (Å²) in [4.78, 5) is 26.3. The van der Waals surface area contributed by atoms with Gasteiger partial charge in [0.05, 0.1) is 5.69 Å². The number of amides is 1. The van der Waals surface area contributed by atoms with Crippen LogP contribution in [0.2, 0.25) is 0 Å². The highest BCUT2D eigenvalue weighted by atomic mass is 16.2. The van der Waals surface area contributed by atoms with Crippen LogP contribution in [0.25, 0.3) is 0 Å². The Morgan fingerprint density at radius 1 is 1.12 bits per heavy atom. The molecule has 7 heteroatoms. The summed E-state index contributed by atoms with van der Waals surface area (Å²) in [6.07, 6.45) is 6.28. The molecule has 0 radical (unpaired) electrons. The molecule has 2 aliphatic heterocycles. The van der Waals surface area contributed by atoms with E-state index in [-0.39, 0.29) is 5.91 Å². The van der Waals surface area contributed by atoms with Crippen LogP contribution in [0.1, 0.15) is 43.9 Å². The van der Waals surface area contributed by atoms with Gasteiger partial charge in [0.15, 0.2) is 5.96 Å². The third-order valence-corrected chi connectivity index (χ3v) is 6.39. The van der Waals surface area contributed by atoms with Crippen LogP contribution in [0, 0.1) is 0 Å². The number of hydrogen-bond donors (Lipinski definition) is 2. The van der Waals surface area contributed by atoms with Gasteiger partial charge in [0.1, 0.15) is 0 Å². The van der Waals surface area contributed by atoms with E-state index in [1.54, 1.807) is 0 Å². The molecule has 33 heavy (non-hydrogen) atoms. The highest BCUT2D eigenvalue weighted by Gasteiger charge is 2.23. The molecule has 3 heterocycles. The number of likely N-dealkylation sites (tertiary alicyclic amines) is 1. The molecule has 1 amide bonds. The highest BCUT2D eigenvalue weighted by molar-refractivity contribution is 5.95. The van der Waals surface area contributed by atoms with E-state index in [9.17, 15) is 4.79 Å². The average Bonchev–Trinajstić information content (AvgIpc) is 3.28. The van der Waals surface area contributed by atoms with Crippen LogP contribution < -0.4 is 15.5 Å². The van der Waals surface area contributed by atoms with E-state index in [0.717, 1.165) is 75.7 Å². The summed E-state index contributed by atoms with van der Waals surface area (Å²) in [6, 6.07) is 14.7. The lowest BCUT2D eigenvalue weighted by molar-refractivity contribution is -0.118. The first-order valence-corrected chi connectivity index (χ1v) is 12.3. The molecule has 2 aliphatic rings. The van der Waals surface area contributed by atoms with E-state index < -0.39 is 0 Å². The molecule has 0 saturated carbocycles. The van der Waals surface area contributed by atoms with Gasteiger partial charge in [-0.15, -0.1) is 0 Å². The van der Waals surface area contributed by atoms with E-state index in [0.29, 0.717) is 19.0 Å². The maximum Gasteiger partial charge on any atom is 0.227 e.